The van der Waals surface area contributed by atoms with Crippen LogP contribution in [-0.4, -0.2) is 43.8 Å². The third kappa shape index (κ3) is 4.43. The van der Waals surface area contributed by atoms with Crippen LogP contribution in [0.25, 0.3) is 6.08 Å². The van der Waals surface area contributed by atoms with Gasteiger partial charge in [0.05, 0.1) is 31.0 Å². The molecule has 1 N–H and O–H groups in total. The minimum atomic E-state index is -0.535. The number of carbonyl (C=O) groups excluding carboxylic acids is 1. The van der Waals surface area contributed by atoms with Crippen molar-refractivity contribution in [2.24, 2.45) is 0 Å². The van der Waals surface area contributed by atoms with E-state index in [1.807, 2.05) is 12.1 Å². The molecule has 0 radical (unpaired) electrons. The molecule has 0 atom stereocenters. The minimum absolute atomic E-state index is 0.100. The van der Waals surface area contributed by atoms with E-state index in [4.69, 9.17) is 17.0 Å². The van der Waals surface area contributed by atoms with Crippen molar-refractivity contribution in [3.63, 3.8) is 0 Å². The highest BCUT2D eigenvalue weighted by atomic mass is 32.1. The molecule has 0 bridgehead atoms. The Labute approximate surface area is 184 Å². The molecule has 0 spiro atoms. The van der Waals surface area contributed by atoms with Crippen LogP contribution in [0.5, 0.6) is 5.75 Å². The average molecular weight is 442 g/mol. The summed E-state index contributed by atoms with van der Waals surface area (Å²) in [6, 6.07) is 7.04. The molecule has 2 aromatic rings. The van der Waals surface area contributed by atoms with E-state index in [1.54, 1.807) is 30.3 Å². The average Bonchev–Trinajstić information content (AvgIpc) is 3.33. The summed E-state index contributed by atoms with van der Waals surface area (Å²) in [6.45, 7) is 0.294. The van der Waals surface area contributed by atoms with Gasteiger partial charge < -0.3 is 20.2 Å². The van der Waals surface area contributed by atoms with Crippen molar-refractivity contribution < 1.29 is 14.5 Å². The van der Waals surface area contributed by atoms with E-state index < -0.39 is 4.92 Å². The molecule has 9 nitrogen and oxygen atoms in total. The predicted octanol–water partition coefficient (Wildman–Crippen LogP) is 3.24. The SMILES string of the molecule is COc1ccc(/C=C2\NC(=S)N(C3CCCCC3)C2=O)cc1Cn1ccc([N+](=O)[O-])n1. The van der Waals surface area contributed by atoms with Crippen LogP contribution in [0.3, 0.4) is 0 Å². The van der Waals surface area contributed by atoms with Gasteiger partial charge in [-0.05, 0) is 53.8 Å². The van der Waals surface area contributed by atoms with Crippen LogP contribution in [-0.2, 0) is 11.3 Å². The van der Waals surface area contributed by atoms with E-state index in [1.165, 1.54) is 17.2 Å². The molecule has 1 aromatic carbocycles. The smallest absolute Gasteiger partial charge is 0.389 e. The molecule has 1 aliphatic carbocycles. The number of hydrogen-bond acceptors (Lipinski definition) is 6. The number of thiocarbonyl (C=S) groups is 1. The van der Waals surface area contributed by atoms with Gasteiger partial charge in [-0.2, -0.15) is 4.68 Å². The standard InChI is InChI=1S/C21H23N5O4S/c1-30-18-8-7-14(11-15(18)13-24-10-9-19(23-24)26(28)29)12-17-20(27)25(21(31)22-17)16-5-3-2-4-6-16/h7-12,16H,2-6,13H2,1H3,(H,22,31)/b17-12-. The lowest BCUT2D eigenvalue weighted by Crippen LogP contribution is -2.41. The van der Waals surface area contributed by atoms with Crippen molar-refractivity contribution >= 4 is 35.1 Å². The van der Waals surface area contributed by atoms with Crippen molar-refractivity contribution in [2.45, 2.75) is 44.7 Å². The third-order valence-electron chi connectivity index (χ3n) is 5.61. The second-order valence-corrected chi connectivity index (χ2v) is 8.04. The van der Waals surface area contributed by atoms with Gasteiger partial charge in [0.2, 0.25) is 0 Å². The summed E-state index contributed by atoms with van der Waals surface area (Å²) in [5, 5.41) is 18.3. The molecule has 10 heteroatoms. The number of carbonyl (C=O) groups is 1. The van der Waals surface area contributed by atoms with E-state index >= 15 is 0 Å². The zero-order valence-corrected chi connectivity index (χ0v) is 17.9. The second kappa shape index (κ2) is 8.84. The van der Waals surface area contributed by atoms with Gasteiger partial charge in [-0.3, -0.25) is 9.69 Å². The van der Waals surface area contributed by atoms with Crippen molar-refractivity contribution in [1.82, 2.24) is 20.0 Å². The van der Waals surface area contributed by atoms with Crippen LogP contribution < -0.4 is 10.1 Å². The zero-order chi connectivity index (χ0) is 22.0. The molecule has 162 valence electrons. The van der Waals surface area contributed by atoms with Crippen LogP contribution in [0.1, 0.15) is 43.2 Å². The van der Waals surface area contributed by atoms with Gasteiger partial charge >= 0.3 is 5.82 Å². The topological polar surface area (TPSA) is 103 Å². The maximum atomic E-state index is 13.0. The van der Waals surface area contributed by atoms with Crippen molar-refractivity contribution in [3.05, 3.63) is 57.4 Å². The Morgan fingerprint density at radius 1 is 1.32 bits per heavy atom. The molecule has 1 aliphatic heterocycles. The number of amides is 1. The van der Waals surface area contributed by atoms with E-state index in [9.17, 15) is 14.9 Å². The maximum Gasteiger partial charge on any atom is 0.389 e. The number of nitrogens with zero attached hydrogens (tertiary/aromatic N) is 4. The second-order valence-electron chi connectivity index (χ2n) is 7.66. The number of rotatable bonds is 6. The van der Waals surface area contributed by atoms with Crippen LogP contribution in [0.4, 0.5) is 5.82 Å². The highest BCUT2D eigenvalue weighted by molar-refractivity contribution is 7.80. The van der Waals surface area contributed by atoms with Gasteiger partial charge in [-0.1, -0.05) is 25.3 Å². The quantitative estimate of drug-likeness (QED) is 0.318. The van der Waals surface area contributed by atoms with Gasteiger partial charge in [0, 0.05) is 11.6 Å². The summed E-state index contributed by atoms with van der Waals surface area (Å²) in [4.78, 5) is 25.1. The Morgan fingerprint density at radius 3 is 2.77 bits per heavy atom. The van der Waals surface area contributed by atoms with Crippen LogP contribution in [0.2, 0.25) is 0 Å². The highest BCUT2D eigenvalue weighted by Crippen LogP contribution is 2.28. The molecule has 2 aliphatic rings. The number of aromatic nitrogens is 2. The van der Waals surface area contributed by atoms with Crippen LogP contribution in [0, 0.1) is 10.1 Å². The van der Waals surface area contributed by atoms with E-state index in [0.717, 1.165) is 36.8 Å². The first-order chi connectivity index (χ1) is 15.0. The van der Waals surface area contributed by atoms with Gasteiger partial charge in [-0.25, -0.2) is 0 Å². The highest BCUT2D eigenvalue weighted by Gasteiger charge is 2.36. The fourth-order valence-electron chi connectivity index (χ4n) is 4.11. The lowest BCUT2D eigenvalue weighted by atomic mass is 9.94. The Kier molecular flexibility index (Phi) is 5.99. The number of methoxy groups -OCH3 is 1. The molecular formula is C21H23N5O4S. The largest absolute Gasteiger partial charge is 0.496 e. The Morgan fingerprint density at radius 2 is 2.10 bits per heavy atom. The minimum Gasteiger partial charge on any atom is -0.496 e. The van der Waals surface area contributed by atoms with E-state index in [0.29, 0.717) is 23.1 Å². The van der Waals surface area contributed by atoms with Crippen molar-refractivity contribution in [1.29, 1.82) is 0 Å². The first-order valence-corrected chi connectivity index (χ1v) is 10.6. The van der Waals surface area contributed by atoms with Gasteiger partial charge in [0.25, 0.3) is 5.91 Å². The Hall–Kier alpha value is -3.27. The molecule has 2 fully saturated rings. The van der Waals surface area contributed by atoms with Gasteiger partial charge in [0.15, 0.2) is 5.11 Å². The molecule has 1 amide bonds. The first kappa shape index (κ1) is 21.0. The molecule has 31 heavy (non-hydrogen) atoms. The molecular weight excluding hydrogens is 418 g/mol. The molecule has 1 aromatic heterocycles. The Bertz CT molecular complexity index is 1060. The number of nitrogens with one attached hydrogen (secondary N) is 1. The van der Waals surface area contributed by atoms with Crippen LogP contribution >= 0.6 is 12.2 Å². The number of benzene rings is 1. The zero-order valence-electron chi connectivity index (χ0n) is 17.1. The molecule has 1 saturated heterocycles. The molecule has 2 heterocycles. The molecule has 4 rings (SSSR count). The van der Waals surface area contributed by atoms with Gasteiger partial charge in [-0.15, -0.1) is 0 Å². The predicted molar refractivity (Wildman–Crippen MR) is 118 cm³/mol. The fourth-order valence-corrected chi connectivity index (χ4v) is 4.45. The summed E-state index contributed by atoms with van der Waals surface area (Å²) in [5.74, 6) is 0.316. The summed E-state index contributed by atoms with van der Waals surface area (Å²) in [6.07, 6.45) is 8.70. The lowest BCUT2D eigenvalue weighted by Gasteiger charge is -2.29. The van der Waals surface area contributed by atoms with Gasteiger partial charge in [0.1, 0.15) is 11.4 Å². The maximum absolute atomic E-state index is 13.0. The van der Waals surface area contributed by atoms with E-state index in [2.05, 4.69) is 10.4 Å². The third-order valence-corrected chi connectivity index (χ3v) is 5.91. The number of nitro groups is 1. The summed E-state index contributed by atoms with van der Waals surface area (Å²) in [5.41, 5.74) is 2.02. The number of ether oxygens (including phenoxy) is 1. The summed E-state index contributed by atoms with van der Waals surface area (Å²) >= 11 is 5.43. The van der Waals surface area contributed by atoms with Crippen molar-refractivity contribution in [2.75, 3.05) is 7.11 Å². The van der Waals surface area contributed by atoms with Crippen molar-refractivity contribution in [3.8, 4) is 5.75 Å². The lowest BCUT2D eigenvalue weighted by molar-refractivity contribution is -0.389. The van der Waals surface area contributed by atoms with Crippen LogP contribution in [0.15, 0.2) is 36.2 Å². The van der Waals surface area contributed by atoms with E-state index in [-0.39, 0.29) is 17.8 Å². The monoisotopic (exact) mass is 441 g/mol. The summed E-state index contributed by atoms with van der Waals surface area (Å²) < 4.78 is 6.90. The Balaban J connectivity index is 1.57. The summed E-state index contributed by atoms with van der Waals surface area (Å²) in [7, 11) is 1.56. The molecule has 1 saturated carbocycles. The normalized spacial score (nSPS) is 18.5. The number of hydrogen-bond donors (Lipinski definition) is 1. The first-order valence-electron chi connectivity index (χ1n) is 10.2. The molecule has 0 unspecified atom stereocenters. The fraction of sp³-hybridized carbons (Fsp3) is 0.381.